The molecule has 0 saturated heterocycles. The summed E-state index contributed by atoms with van der Waals surface area (Å²) < 4.78 is 2.13. The van der Waals surface area contributed by atoms with Crippen molar-refractivity contribution in [1.29, 1.82) is 0 Å². The standard InChI is InChI=1S/C11H18N2O/c1-9-10(2)13(8-12-9)7-6-11(14)4-3-5-11/h8,14H,3-7H2,1-2H3. The fraction of sp³-hybridized carbons (Fsp3) is 0.727. The van der Waals surface area contributed by atoms with E-state index in [0.29, 0.717) is 0 Å². The van der Waals surface area contributed by atoms with E-state index in [0.717, 1.165) is 31.5 Å². The highest BCUT2D eigenvalue weighted by molar-refractivity contribution is 5.08. The molecule has 1 aliphatic carbocycles. The molecule has 0 atom stereocenters. The van der Waals surface area contributed by atoms with Crippen LogP contribution in [-0.2, 0) is 6.54 Å². The summed E-state index contributed by atoms with van der Waals surface area (Å²) in [5.74, 6) is 0. The highest BCUT2D eigenvalue weighted by Gasteiger charge is 2.33. The van der Waals surface area contributed by atoms with Gasteiger partial charge in [-0.1, -0.05) is 0 Å². The highest BCUT2D eigenvalue weighted by atomic mass is 16.3. The average Bonchev–Trinajstić information content (AvgIpc) is 2.42. The van der Waals surface area contributed by atoms with Crippen molar-refractivity contribution in [2.45, 2.75) is 51.7 Å². The Morgan fingerprint density at radius 1 is 1.50 bits per heavy atom. The second kappa shape index (κ2) is 3.39. The van der Waals surface area contributed by atoms with Crippen LogP contribution in [0, 0.1) is 13.8 Å². The second-order valence-corrected chi connectivity index (χ2v) is 4.44. The van der Waals surface area contributed by atoms with E-state index in [9.17, 15) is 5.11 Å². The van der Waals surface area contributed by atoms with Gasteiger partial charge in [0.1, 0.15) is 0 Å². The summed E-state index contributed by atoms with van der Waals surface area (Å²) in [7, 11) is 0. The molecule has 0 bridgehead atoms. The summed E-state index contributed by atoms with van der Waals surface area (Å²) >= 11 is 0. The average molecular weight is 194 g/mol. The van der Waals surface area contributed by atoms with E-state index in [1.807, 2.05) is 13.3 Å². The zero-order valence-electron chi connectivity index (χ0n) is 8.95. The predicted molar refractivity (Wildman–Crippen MR) is 55.1 cm³/mol. The molecule has 1 aromatic rings. The van der Waals surface area contributed by atoms with E-state index < -0.39 is 0 Å². The number of aliphatic hydroxyl groups is 1. The van der Waals surface area contributed by atoms with Crippen molar-refractivity contribution in [2.75, 3.05) is 0 Å². The van der Waals surface area contributed by atoms with E-state index >= 15 is 0 Å². The SMILES string of the molecule is Cc1ncn(CCC2(O)CCC2)c1C. The van der Waals surface area contributed by atoms with Crippen molar-refractivity contribution in [1.82, 2.24) is 9.55 Å². The van der Waals surface area contributed by atoms with Crippen LogP contribution >= 0.6 is 0 Å². The van der Waals surface area contributed by atoms with Gasteiger partial charge in [0.05, 0.1) is 17.6 Å². The van der Waals surface area contributed by atoms with Crippen molar-refractivity contribution in [2.24, 2.45) is 0 Å². The van der Waals surface area contributed by atoms with Gasteiger partial charge < -0.3 is 9.67 Å². The molecular formula is C11H18N2O. The summed E-state index contributed by atoms with van der Waals surface area (Å²) in [6.45, 7) is 4.99. The minimum Gasteiger partial charge on any atom is -0.390 e. The molecule has 1 heterocycles. The van der Waals surface area contributed by atoms with Gasteiger partial charge in [-0.15, -0.1) is 0 Å². The first-order chi connectivity index (χ1) is 6.61. The first-order valence-electron chi connectivity index (χ1n) is 5.31. The lowest BCUT2D eigenvalue weighted by Crippen LogP contribution is -2.37. The first-order valence-corrected chi connectivity index (χ1v) is 5.31. The lowest BCUT2D eigenvalue weighted by Gasteiger charge is -2.36. The molecule has 1 aliphatic rings. The molecule has 0 unspecified atom stereocenters. The van der Waals surface area contributed by atoms with Gasteiger partial charge in [0.2, 0.25) is 0 Å². The predicted octanol–water partition coefficient (Wildman–Crippen LogP) is 1.81. The molecule has 1 N–H and O–H groups in total. The maximum atomic E-state index is 9.94. The van der Waals surface area contributed by atoms with E-state index in [2.05, 4.69) is 16.5 Å². The van der Waals surface area contributed by atoms with Crippen molar-refractivity contribution in [3.05, 3.63) is 17.7 Å². The molecule has 78 valence electrons. The third-order valence-electron chi connectivity index (χ3n) is 3.45. The molecule has 1 fully saturated rings. The Kier molecular flexibility index (Phi) is 2.35. The number of hydrogen-bond acceptors (Lipinski definition) is 2. The molecule has 0 aliphatic heterocycles. The van der Waals surface area contributed by atoms with Crippen molar-refractivity contribution < 1.29 is 5.11 Å². The Morgan fingerprint density at radius 3 is 2.64 bits per heavy atom. The summed E-state index contributed by atoms with van der Waals surface area (Å²) in [4.78, 5) is 4.24. The molecule has 3 heteroatoms. The van der Waals surface area contributed by atoms with Crippen molar-refractivity contribution >= 4 is 0 Å². The maximum Gasteiger partial charge on any atom is 0.0951 e. The summed E-state index contributed by atoms with van der Waals surface area (Å²) in [5.41, 5.74) is 1.93. The van der Waals surface area contributed by atoms with Crippen LogP contribution in [0.2, 0.25) is 0 Å². The minimum absolute atomic E-state index is 0.370. The normalized spacial score (nSPS) is 19.4. The Balaban J connectivity index is 1.94. The van der Waals surface area contributed by atoms with E-state index in [4.69, 9.17) is 0 Å². The minimum atomic E-state index is -0.370. The molecule has 1 saturated carbocycles. The van der Waals surface area contributed by atoms with Crippen LogP contribution in [0.5, 0.6) is 0 Å². The van der Waals surface area contributed by atoms with Gasteiger partial charge in [0, 0.05) is 12.2 Å². The van der Waals surface area contributed by atoms with E-state index in [-0.39, 0.29) is 5.60 Å². The molecule has 0 radical (unpaired) electrons. The van der Waals surface area contributed by atoms with Gasteiger partial charge in [0.25, 0.3) is 0 Å². The molecule has 0 spiro atoms. The quantitative estimate of drug-likeness (QED) is 0.796. The van der Waals surface area contributed by atoms with Crippen LogP contribution in [0.4, 0.5) is 0 Å². The zero-order chi connectivity index (χ0) is 10.2. The second-order valence-electron chi connectivity index (χ2n) is 4.44. The van der Waals surface area contributed by atoms with Gasteiger partial charge >= 0.3 is 0 Å². The van der Waals surface area contributed by atoms with Gasteiger partial charge in [-0.25, -0.2) is 4.98 Å². The Labute approximate surface area is 84.8 Å². The first kappa shape index (κ1) is 9.71. The van der Waals surface area contributed by atoms with E-state index in [1.54, 1.807) is 0 Å². The van der Waals surface area contributed by atoms with Crippen LogP contribution in [-0.4, -0.2) is 20.3 Å². The summed E-state index contributed by atoms with van der Waals surface area (Å²) in [6.07, 6.45) is 5.86. The monoisotopic (exact) mass is 194 g/mol. The Morgan fingerprint density at radius 2 is 2.21 bits per heavy atom. The molecule has 3 nitrogen and oxygen atoms in total. The Bertz CT molecular complexity index is 326. The fourth-order valence-corrected chi connectivity index (χ4v) is 1.93. The number of aryl methyl sites for hydroxylation is 2. The van der Waals surface area contributed by atoms with E-state index in [1.165, 1.54) is 12.1 Å². The van der Waals surface area contributed by atoms with Gasteiger partial charge in [-0.2, -0.15) is 0 Å². The molecule has 14 heavy (non-hydrogen) atoms. The number of hydrogen-bond donors (Lipinski definition) is 1. The summed E-state index contributed by atoms with van der Waals surface area (Å²) in [5, 5.41) is 9.94. The zero-order valence-corrected chi connectivity index (χ0v) is 8.95. The highest BCUT2D eigenvalue weighted by Crippen LogP contribution is 2.34. The third kappa shape index (κ3) is 1.69. The van der Waals surface area contributed by atoms with Crippen LogP contribution in [0.25, 0.3) is 0 Å². The lowest BCUT2D eigenvalue weighted by atomic mass is 9.78. The van der Waals surface area contributed by atoms with Gasteiger partial charge in [-0.3, -0.25) is 0 Å². The molecule has 2 rings (SSSR count). The number of imidazole rings is 1. The molecule has 0 amide bonds. The van der Waals surface area contributed by atoms with Gasteiger partial charge in [0.15, 0.2) is 0 Å². The number of rotatable bonds is 3. The molecular weight excluding hydrogens is 176 g/mol. The lowest BCUT2D eigenvalue weighted by molar-refractivity contribution is -0.0433. The van der Waals surface area contributed by atoms with Crippen LogP contribution in [0.3, 0.4) is 0 Å². The number of aromatic nitrogens is 2. The topological polar surface area (TPSA) is 38.0 Å². The fourth-order valence-electron chi connectivity index (χ4n) is 1.93. The van der Waals surface area contributed by atoms with Crippen LogP contribution in [0.1, 0.15) is 37.1 Å². The van der Waals surface area contributed by atoms with Gasteiger partial charge in [-0.05, 0) is 39.5 Å². The third-order valence-corrected chi connectivity index (χ3v) is 3.45. The van der Waals surface area contributed by atoms with Crippen LogP contribution in [0.15, 0.2) is 6.33 Å². The smallest absolute Gasteiger partial charge is 0.0951 e. The largest absolute Gasteiger partial charge is 0.390 e. The van der Waals surface area contributed by atoms with Crippen LogP contribution < -0.4 is 0 Å². The van der Waals surface area contributed by atoms with Crippen molar-refractivity contribution in [3.8, 4) is 0 Å². The summed E-state index contributed by atoms with van der Waals surface area (Å²) in [6, 6.07) is 0. The molecule has 1 aromatic heterocycles. The number of nitrogens with zero attached hydrogens (tertiary/aromatic N) is 2. The van der Waals surface area contributed by atoms with Crippen molar-refractivity contribution in [3.63, 3.8) is 0 Å². The molecule has 0 aromatic carbocycles. The Hall–Kier alpha value is -0.830. The maximum absolute atomic E-state index is 9.94.